The van der Waals surface area contributed by atoms with Gasteiger partial charge in [0, 0.05) is 11.5 Å². The fraction of sp³-hybridized carbons (Fsp3) is 0.692. The van der Waals surface area contributed by atoms with E-state index in [0.29, 0.717) is 5.57 Å². The Labute approximate surface area is 103 Å². The van der Waals surface area contributed by atoms with Crippen LogP contribution in [-0.2, 0) is 19.1 Å². The van der Waals surface area contributed by atoms with Crippen LogP contribution < -0.4 is 0 Å². The van der Waals surface area contributed by atoms with Gasteiger partial charge in [-0.1, -0.05) is 26.8 Å². The van der Waals surface area contributed by atoms with E-state index in [1.807, 2.05) is 6.92 Å². The van der Waals surface area contributed by atoms with Gasteiger partial charge in [-0.2, -0.15) is 0 Å². The van der Waals surface area contributed by atoms with Gasteiger partial charge in [0.05, 0.1) is 19.1 Å². The van der Waals surface area contributed by atoms with Crippen LogP contribution in [0.1, 0.15) is 34.6 Å². The molecule has 4 heteroatoms. The lowest BCUT2D eigenvalue weighted by Crippen LogP contribution is -2.20. The molecule has 0 heterocycles. The van der Waals surface area contributed by atoms with Crippen LogP contribution in [0.25, 0.3) is 0 Å². The predicted octanol–water partition coefficient (Wildman–Crippen LogP) is 2.33. The molecule has 0 fully saturated rings. The molecular formula is C13H22O4. The third kappa shape index (κ3) is 6.76. The van der Waals surface area contributed by atoms with Gasteiger partial charge in [0.15, 0.2) is 0 Å². The maximum absolute atomic E-state index is 11.3. The normalized spacial score (nSPS) is 13.4. The van der Waals surface area contributed by atoms with E-state index in [1.165, 1.54) is 0 Å². The Morgan fingerprint density at radius 2 is 1.65 bits per heavy atom. The van der Waals surface area contributed by atoms with E-state index in [4.69, 9.17) is 9.47 Å². The maximum atomic E-state index is 11.3. The second-order valence-electron chi connectivity index (χ2n) is 4.46. The maximum Gasteiger partial charge on any atom is 0.333 e. The highest BCUT2D eigenvalue weighted by atomic mass is 16.5. The van der Waals surface area contributed by atoms with Gasteiger partial charge < -0.3 is 9.47 Å². The van der Waals surface area contributed by atoms with Crippen LogP contribution in [0.5, 0.6) is 0 Å². The van der Waals surface area contributed by atoms with Gasteiger partial charge in [-0.3, -0.25) is 4.79 Å². The Balaban J connectivity index is 3.85. The highest BCUT2D eigenvalue weighted by Gasteiger charge is 2.13. The zero-order valence-electron chi connectivity index (χ0n) is 11.3. The first kappa shape index (κ1) is 15.7. The van der Waals surface area contributed by atoms with Crippen LogP contribution in [0, 0.1) is 11.8 Å². The molecule has 0 radical (unpaired) electrons. The van der Waals surface area contributed by atoms with Crippen LogP contribution in [0.15, 0.2) is 11.6 Å². The predicted molar refractivity (Wildman–Crippen MR) is 65.4 cm³/mol. The molecule has 98 valence electrons. The van der Waals surface area contributed by atoms with Crippen molar-refractivity contribution in [3.63, 3.8) is 0 Å². The number of esters is 2. The van der Waals surface area contributed by atoms with Crippen molar-refractivity contribution in [3.8, 4) is 0 Å². The Kier molecular flexibility index (Phi) is 7.26. The van der Waals surface area contributed by atoms with Gasteiger partial charge in [0.2, 0.25) is 0 Å². The summed E-state index contributed by atoms with van der Waals surface area (Å²) < 4.78 is 10.1. The zero-order chi connectivity index (χ0) is 13.4. The molecule has 4 nitrogen and oxygen atoms in total. The number of hydrogen-bond acceptors (Lipinski definition) is 4. The van der Waals surface area contributed by atoms with Gasteiger partial charge in [0.1, 0.15) is 0 Å². The Bertz CT molecular complexity index is 292. The number of hydrogen-bond donors (Lipinski definition) is 0. The van der Waals surface area contributed by atoms with Crippen molar-refractivity contribution in [2.45, 2.75) is 34.6 Å². The topological polar surface area (TPSA) is 52.6 Å². The summed E-state index contributed by atoms with van der Waals surface area (Å²) >= 11 is 0. The standard InChI is InChI=1S/C13H22O4/c1-6-11(5)13(15)17-8-10(4)7-16-12(14)9(2)3/h6,9-10H,7-8H2,1-5H3/b11-6-. The van der Waals surface area contributed by atoms with E-state index in [9.17, 15) is 9.59 Å². The Morgan fingerprint density at radius 3 is 2.12 bits per heavy atom. The molecule has 0 aliphatic carbocycles. The molecule has 0 bridgehead atoms. The minimum Gasteiger partial charge on any atom is -0.465 e. The monoisotopic (exact) mass is 242 g/mol. The van der Waals surface area contributed by atoms with Crippen molar-refractivity contribution in [1.82, 2.24) is 0 Å². The van der Waals surface area contributed by atoms with Crippen molar-refractivity contribution in [1.29, 1.82) is 0 Å². The van der Waals surface area contributed by atoms with E-state index in [2.05, 4.69) is 0 Å². The summed E-state index contributed by atoms with van der Waals surface area (Å²) in [6.45, 7) is 9.45. The molecule has 0 amide bonds. The first-order chi connectivity index (χ1) is 7.88. The van der Waals surface area contributed by atoms with Gasteiger partial charge in [-0.05, 0) is 13.8 Å². The quantitative estimate of drug-likeness (QED) is 0.530. The SMILES string of the molecule is C/C=C(/C)C(=O)OCC(C)COC(=O)C(C)C. The number of rotatable bonds is 6. The summed E-state index contributed by atoms with van der Waals surface area (Å²) in [5.41, 5.74) is 0.580. The van der Waals surface area contributed by atoms with Crippen molar-refractivity contribution in [3.05, 3.63) is 11.6 Å². The van der Waals surface area contributed by atoms with Gasteiger partial charge >= 0.3 is 11.9 Å². The minimum atomic E-state index is -0.325. The van der Waals surface area contributed by atoms with E-state index in [1.54, 1.807) is 33.8 Å². The lowest BCUT2D eigenvalue weighted by molar-refractivity contribution is -0.150. The van der Waals surface area contributed by atoms with E-state index < -0.39 is 0 Å². The summed E-state index contributed by atoms with van der Waals surface area (Å²) in [4.78, 5) is 22.5. The highest BCUT2D eigenvalue weighted by Crippen LogP contribution is 2.04. The fourth-order valence-electron chi connectivity index (χ4n) is 0.889. The lowest BCUT2D eigenvalue weighted by Gasteiger charge is -2.13. The molecule has 0 aromatic carbocycles. The summed E-state index contributed by atoms with van der Waals surface area (Å²) in [6.07, 6.45) is 1.70. The van der Waals surface area contributed by atoms with Gasteiger partial charge in [0.25, 0.3) is 0 Å². The average Bonchev–Trinajstić information content (AvgIpc) is 2.31. The molecule has 0 spiro atoms. The molecule has 0 aliphatic rings. The molecule has 0 rings (SSSR count). The second kappa shape index (κ2) is 7.87. The van der Waals surface area contributed by atoms with Crippen LogP contribution in [-0.4, -0.2) is 25.2 Å². The van der Waals surface area contributed by atoms with Crippen molar-refractivity contribution < 1.29 is 19.1 Å². The van der Waals surface area contributed by atoms with E-state index in [-0.39, 0.29) is 37.0 Å². The molecule has 0 saturated carbocycles. The van der Waals surface area contributed by atoms with Gasteiger partial charge in [-0.25, -0.2) is 4.79 Å². The fourth-order valence-corrected chi connectivity index (χ4v) is 0.889. The molecule has 0 saturated heterocycles. The van der Waals surface area contributed by atoms with E-state index in [0.717, 1.165) is 0 Å². The molecular weight excluding hydrogens is 220 g/mol. The molecule has 0 aromatic heterocycles. The average molecular weight is 242 g/mol. The summed E-state index contributed by atoms with van der Waals surface area (Å²) in [5, 5.41) is 0. The summed E-state index contributed by atoms with van der Waals surface area (Å²) in [5.74, 6) is -0.677. The second-order valence-corrected chi connectivity index (χ2v) is 4.46. The Morgan fingerprint density at radius 1 is 1.12 bits per heavy atom. The third-order valence-corrected chi connectivity index (χ3v) is 2.24. The zero-order valence-corrected chi connectivity index (χ0v) is 11.3. The van der Waals surface area contributed by atoms with Gasteiger partial charge in [-0.15, -0.1) is 0 Å². The summed E-state index contributed by atoms with van der Waals surface area (Å²) in [6, 6.07) is 0. The van der Waals surface area contributed by atoms with Crippen molar-refractivity contribution in [2.75, 3.05) is 13.2 Å². The van der Waals surface area contributed by atoms with Crippen LogP contribution in [0.4, 0.5) is 0 Å². The molecule has 1 atom stereocenters. The number of ether oxygens (including phenoxy) is 2. The van der Waals surface area contributed by atoms with Crippen LogP contribution in [0.3, 0.4) is 0 Å². The molecule has 0 aliphatic heterocycles. The van der Waals surface area contributed by atoms with Crippen molar-refractivity contribution >= 4 is 11.9 Å². The first-order valence-electron chi connectivity index (χ1n) is 5.85. The molecule has 0 aromatic rings. The number of allylic oxidation sites excluding steroid dienone is 1. The smallest absolute Gasteiger partial charge is 0.333 e. The number of carbonyl (C=O) groups excluding carboxylic acids is 2. The lowest BCUT2D eigenvalue weighted by atomic mass is 10.2. The number of carbonyl (C=O) groups is 2. The van der Waals surface area contributed by atoms with Crippen LogP contribution in [0.2, 0.25) is 0 Å². The minimum absolute atomic E-state index is 0.00584. The van der Waals surface area contributed by atoms with E-state index >= 15 is 0 Å². The largest absolute Gasteiger partial charge is 0.465 e. The third-order valence-electron chi connectivity index (χ3n) is 2.24. The Hall–Kier alpha value is -1.32. The summed E-state index contributed by atoms with van der Waals surface area (Å²) in [7, 11) is 0. The first-order valence-corrected chi connectivity index (χ1v) is 5.85. The molecule has 1 unspecified atom stereocenters. The molecule has 17 heavy (non-hydrogen) atoms. The highest BCUT2D eigenvalue weighted by molar-refractivity contribution is 5.87. The van der Waals surface area contributed by atoms with Crippen LogP contribution >= 0.6 is 0 Å². The van der Waals surface area contributed by atoms with Crippen molar-refractivity contribution in [2.24, 2.45) is 11.8 Å². The molecule has 0 N–H and O–H groups in total.